The summed E-state index contributed by atoms with van der Waals surface area (Å²) in [5.41, 5.74) is 1.21. The van der Waals surface area contributed by atoms with Gasteiger partial charge in [-0.2, -0.15) is 0 Å². The van der Waals surface area contributed by atoms with Crippen molar-refractivity contribution in [3.8, 4) is 0 Å². The van der Waals surface area contributed by atoms with Crippen molar-refractivity contribution >= 4 is 12.4 Å². The van der Waals surface area contributed by atoms with E-state index < -0.39 is 0 Å². The number of halogens is 2. The van der Waals surface area contributed by atoms with Gasteiger partial charge in [-0.15, -0.1) is 12.4 Å². The smallest absolute Gasteiger partial charge is 0.123 e. The Morgan fingerprint density at radius 3 is 2.42 bits per heavy atom. The lowest BCUT2D eigenvalue weighted by atomic mass is 10.0. The van der Waals surface area contributed by atoms with Crippen molar-refractivity contribution in [3.05, 3.63) is 35.6 Å². The predicted octanol–water partition coefficient (Wildman–Crippen LogP) is 3.21. The van der Waals surface area contributed by atoms with Crippen molar-refractivity contribution in [1.82, 2.24) is 10.2 Å². The van der Waals surface area contributed by atoms with Gasteiger partial charge in [0.15, 0.2) is 0 Å². The van der Waals surface area contributed by atoms with Gasteiger partial charge in [0.1, 0.15) is 5.82 Å². The maximum Gasteiger partial charge on any atom is 0.123 e. The van der Waals surface area contributed by atoms with Gasteiger partial charge in [-0.3, -0.25) is 4.90 Å². The first-order valence-corrected chi connectivity index (χ1v) is 6.99. The number of hydrogen-bond acceptors (Lipinski definition) is 2. The van der Waals surface area contributed by atoms with Crippen LogP contribution in [0.25, 0.3) is 0 Å². The van der Waals surface area contributed by atoms with E-state index in [2.05, 4.69) is 17.1 Å². The first-order chi connectivity index (χ1) is 8.79. The molecule has 108 valence electrons. The maximum atomic E-state index is 12.9. The minimum absolute atomic E-state index is 0. The second kappa shape index (κ2) is 8.51. The molecule has 2 rings (SSSR count). The summed E-state index contributed by atoms with van der Waals surface area (Å²) in [5, 5.41) is 3.41. The first kappa shape index (κ1) is 16.4. The normalized spacial score (nSPS) is 16.4. The largest absolute Gasteiger partial charge is 0.317 e. The molecule has 0 aliphatic carbocycles. The molecule has 0 radical (unpaired) electrons. The molecular weight excluding hydrogens is 263 g/mol. The topological polar surface area (TPSA) is 15.3 Å². The lowest BCUT2D eigenvalue weighted by Gasteiger charge is -2.34. The molecule has 0 amide bonds. The Kier molecular flexibility index (Phi) is 7.36. The van der Waals surface area contributed by atoms with Crippen LogP contribution in [0.3, 0.4) is 0 Å². The van der Waals surface area contributed by atoms with E-state index in [1.54, 1.807) is 12.1 Å². The fourth-order valence-electron chi connectivity index (χ4n) is 2.67. The summed E-state index contributed by atoms with van der Waals surface area (Å²) in [7, 11) is 0. The number of rotatable bonds is 5. The van der Waals surface area contributed by atoms with E-state index in [1.165, 1.54) is 24.8 Å². The predicted molar refractivity (Wildman–Crippen MR) is 80.2 cm³/mol. The summed E-state index contributed by atoms with van der Waals surface area (Å²) in [5.74, 6) is -0.150. The quantitative estimate of drug-likeness (QED) is 0.894. The van der Waals surface area contributed by atoms with Crippen LogP contribution < -0.4 is 5.32 Å². The molecule has 0 spiro atoms. The molecule has 0 unspecified atom stereocenters. The zero-order valence-corrected chi connectivity index (χ0v) is 12.4. The van der Waals surface area contributed by atoms with Crippen molar-refractivity contribution in [2.75, 3.05) is 19.6 Å². The van der Waals surface area contributed by atoms with Gasteiger partial charge in [0.25, 0.3) is 0 Å². The van der Waals surface area contributed by atoms with Gasteiger partial charge in [0, 0.05) is 12.6 Å². The first-order valence-electron chi connectivity index (χ1n) is 6.99. The van der Waals surface area contributed by atoms with Crippen LogP contribution in [-0.4, -0.2) is 30.6 Å². The number of hydrogen-bond donors (Lipinski definition) is 1. The average molecular weight is 287 g/mol. The van der Waals surface area contributed by atoms with Gasteiger partial charge < -0.3 is 5.32 Å². The third-order valence-electron chi connectivity index (χ3n) is 3.63. The SMILES string of the molecule is CCCN(Cc1ccc(F)cc1)C1CCNCC1.Cl. The Balaban J connectivity index is 0.00000180. The van der Waals surface area contributed by atoms with Crippen LogP contribution >= 0.6 is 12.4 Å². The van der Waals surface area contributed by atoms with E-state index in [9.17, 15) is 4.39 Å². The second-order valence-corrected chi connectivity index (χ2v) is 5.08. The zero-order valence-electron chi connectivity index (χ0n) is 11.6. The van der Waals surface area contributed by atoms with Gasteiger partial charge in [-0.05, 0) is 56.6 Å². The monoisotopic (exact) mass is 286 g/mol. The molecule has 1 aromatic carbocycles. The van der Waals surface area contributed by atoms with E-state index in [1.807, 2.05) is 12.1 Å². The minimum Gasteiger partial charge on any atom is -0.317 e. The van der Waals surface area contributed by atoms with Crippen LogP contribution in [0.2, 0.25) is 0 Å². The molecular formula is C15H24ClFN2. The third-order valence-corrected chi connectivity index (χ3v) is 3.63. The molecule has 1 N–H and O–H groups in total. The van der Waals surface area contributed by atoms with E-state index in [0.717, 1.165) is 26.2 Å². The zero-order chi connectivity index (χ0) is 12.8. The summed E-state index contributed by atoms with van der Waals surface area (Å²) in [6, 6.07) is 7.60. The molecule has 1 saturated heterocycles. The van der Waals surface area contributed by atoms with Gasteiger partial charge in [0.05, 0.1) is 0 Å². The molecule has 1 aliphatic heterocycles. The average Bonchev–Trinajstić information content (AvgIpc) is 2.42. The molecule has 19 heavy (non-hydrogen) atoms. The Hall–Kier alpha value is -0.640. The summed E-state index contributed by atoms with van der Waals surface area (Å²) in [6.07, 6.45) is 3.62. The summed E-state index contributed by atoms with van der Waals surface area (Å²) >= 11 is 0. The number of piperidine rings is 1. The van der Waals surface area contributed by atoms with E-state index in [4.69, 9.17) is 0 Å². The van der Waals surface area contributed by atoms with Gasteiger partial charge in [0.2, 0.25) is 0 Å². The molecule has 4 heteroatoms. The van der Waals surface area contributed by atoms with Crippen LogP contribution in [0.1, 0.15) is 31.7 Å². The van der Waals surface area contributed by atoms with Crippen molar-refractivity contribution in [2.24, 2.45) is 0 Å². The highest BCUT2D eigenvalue weighted by atomic mass is 35.5. The number of nitrogens with zero attached hydrogens (tertiary/aromatic N) is 1. The summed E-state index contributed by atoms with van der Waals surface area (Å²) in [4.78, 5) is 2.55. The fourth-order valence-corrected chi connectivity index (χ4v) is 2.67. The molecule has 0 atom stereocenters. The third kappa shape index (κ3) is 5.09. The molecule has 0 saturated carbocycles. The minimum atomic E-state index is -0.150. The van der Waals surface area contributed by atoms with Crippen LogP contribution in [0.5, 0.6) is 0 Å². The fraction of sp³-hybridized carbons (Fsp3) is 0.600. The van der Waals surface area contributed by atoms with E-state index >= 15 is 0 Å². The van der Waals surface area contributed by atoms with Gasteiger partial charge in [-0.1, -0.05) is 19.1 Å². The maximum absolute atomic E-state index is 12.9. The van der Waals surface area contributed by atoms with Crippen LogP contribution in [0.15, 0.2) is 24.3 Å². The number of benzene rings is 1. The van der Waals surface area contributed by atoms with Crippen LogP contribution in [0, 0.1) is 5.82 Å². The van der Waals surface area contributed by atoms with Crippen molar-refractivity contribution < 1.29 is 4.39 Å². The highest BCUT2D eigenvalue weighted by Crippen LogP contribution is 2.16. The Labute approximate surface area is 121 Å². The van der Waals surface area contributed by atoms with Crippen LogP contribution in [0.4, 0.5) is 4.39 Å². The molecule has 1 aromatic rings. The van der Waals surface area contributed by atoms with Crippen molar-refractivity contribution in [1.29, 1.82) is 0 Å². The molecule has 0 aromatic heterocycles. The molecule has 1 aliphatic rings. The standard InChI is InChI=1S/C15H23FN2.ClH/c1-2-11-18(15-7-9-17-10-8-15)12-13-3-5-14(16)6-4-13;/h3-6,15,17H,2,7-12H2,1H3;1H. The summed E-state index contributed by atoms with van der Waals surface area (Å²) < 4.78 is 12.9. The Bertz CT molecular complexity index is 350. The van der Waals surface area contributed by atoms with Gasteiger partial charge in [-0.25, -0.2) is 4.39 Å². The second-order valence-electron chi connectivity index (χ2n) is 5.08. The molecule has 1 heterocycles. The highest BCUT2D eigenvalue weighted by Gasteiger charge is 2.20. The van der Waals surface area contributed by atoms with Crippen molar-refractivity contribution in [2.45, 2.75) is 38.8 Å². The van der Waals surface area contributed by atoms with Crippen molar-refractivity contribution in [3.63, 3.8) is 0 Å². The Morgan fingerprint density at radius 2 is 1.84 bits per heavy atom. The molecule has 1 fully saturated rings. The lowest BCUT2D eigenvalue weighted by Crippen LogP contribution is -2.43. The Morgan fingerprint density at radius 1 is 1.21 bits per heavy atom. The van der Waals surface area contributed by atoms with E-state index in [-0.39, 0.29) is 18.2 Å². The lowest BCUT2D eigenvalue weighted by molar-refractivity contribution is 0.154. The summed E-state index contributed by atoms with van der Waals surface area (Å²) in [6.45, 7) is 6.53. The number of nitrogens with one attached hydrogen (secondary N) is 1. The van der Waals surface area contributed by atoms with Crippen LogP contribution in [-0.2, 0) is 6.54 Å². The molecule has 0 bridgehead atoms. The molecule has 2 nitrogen and oxygen atoms in total. The highest BCUT2D eigenvalue weighted by molar-refractivity contribution is 5.85. The van der Waals surface area contributed by atoms with E-state index in [0.29, 0.717) is 6.04 Å². The van der Waals surface area contributed by atoms with Gasteiger partial charge >= 0.3 is 0 Å².